The molecule has 5 nitrogen and oxygen atoms in total. The molecule has 1 rings (SSSR count). The van der Waals surface area contributed by atoms with Crippen LogP contribution in [0.5, 0.6) is 0 Å². The van der Waals surface area contributed by atoms with Crippen molar-refractivity contribution in [2.24, 2.45) is 0 Å². The minimum atomic E-state index is -2.67. The molecule has 1 N–H and O–H groups in total. The Kier molecular flexibility index (Phi) is 7.40. The van der Waals surface area contributed by atoms with Crippen LogP contribution >= 0.6 is 0 Å². The van der Waals surface area contributed by atoms with Crippen LogP contribution in [-0.2, 0) is 15.6 Å². The van der Waals surface area contributed by atoms with E-state index in [1.807, 2.05) is 0 Å². The van der Waals surface area contributed by atoms with E-state index in [1.54, 1.807) is 6.92 Å². The fourth-order valence-electron chi connectivity index (χ4n) is 1.00. The Morgan fingerprint density at radius 3 is 2.31 bits per heavy atom. The third-order valence-electron chi connectivity index (χ3n) is 1.62. The summed E-state index contributed by atoms with van der Waals surface area (Å²) in [4.78, 5) is 11.2. The molecule has 0 spiro atoms. The van der Waals surface area contributed by atoms with Crippen LogP contribution in [0, 0.1) is 0 Å². The number of rotatable bonds is 4. The molecular formula is C9H11NNaO4S. The predicted molar refractivity (Wildman–Crippen MR) is 62.1 cm³/mol. The monoisotopic (exact) mass is 252 g/mol. The molecule has 0 unspecified atom stereocenters. The first-order valence-corrected chi connectivity index (χ1v) is 5.49. The van der Waals surface area contributed by atoms with Gasteiger partial charge in [0.05, 0.1) is 12.2 Å². The van der Waals surface area contributed by atoms with Crippen molar-refractivity contribution in [1.82, 2.24) is 0 Å². The van der Waals surface area contributed by atoms with Crippen molar-refractivity contribution in [1.29, 1.82) is 0 Å². The minimum absolute atomic E-state index is 0. The first-order chi connectivity index (χ1) is 7.13. The number of hydrogen-bond acceptors (Lipinski definition) is 4. The number of benzene rings is 1. The maximum Gasteiger partial charge on any atom is 0.338 e. The molecule has 1 aromatic carbocycles. The molecule has 0 fully saturated rings. The van der Waals surface area contributed by atoms with Crippen LogP contribution in [0.25, 0.3) is 0 Å². The minimum Gasteiger partial charge on any atom is -0.462 e. The molecule has 0 saturated carbocycles. The molecule has 83 valence electrons. The van der Waals surface area contributed by atoms with Crippen molar-refractivity contribution in [3.8, 4) is 0 Å². The molecule has 0 aliphatic rings. The normalized spacial score (nSPS) is 9.38. The van der Waals surface area contributed by atoms with Crippen LogP contribution < -0.4 is 4.72 Å². The second-order valence-electron chi connectivity index (χ2n) is 2.67. The fourth-order valence-corrected chi connectivity index (χ4v) is 1.36. The zero-order chi connectivity index (χ0) is 11.3. The van der Waals surface area contributed by atoms with Crippen LogP contribution in [0.1, 0.15) is 17.3 Å². The summed E-state index contributed by atoms with van der Waals surface area (Å²) in [5.74, 6) is -0.421. The molecule has 0 atom stereocenters. The fraction of sp³-hybridized carbons (Fsp3) is 0.222. The Balaban J connectivity index is 0.00000225. The van der Waals surface area contributed by atoms with Crippen LogP contribution in [0.15, 0.2) is 24.3 Å². The van der Waals surface area contributed by atoms with Gasteiger partial charge in [-0.25, -0.2) is 13.2 Å². The summed E-state index contributed by atoms with van der Waals surface area (Å²) >= 11 is 0. The van der Waals surface area contributed by atoms with Crippen LogP contribution in [0.4, 0.5) is 5.69 Å². The molecule has 16 heavy (non-hydrogen) atoms. The molecule has 0 amide bonds. The number of thiol groups is 1. The van der Waals surface area contributed by atoms with Gasteiger partial charge in [-0.1, -0.05) is 0 Å². The Labute approximate surface area is 118 Å². The predicted octanol–water partition coefficient (Wildman–Crippen LogP) is 0.421. The smallest absolute Gasteiger partial charge is 0.338 e. The number of hydrogen-bond donors (Lipinski definition) is 2. The van der Waals surface area contributed by atoms with Gasteiger partial charge in [-0.05, 0) is 31.2 Å². The third-order valence-corrected chi connectivity index (χ3v) is 2.06. The average molecular weight is 252 g/mol. The van der Waals surface area contributed by atoms with E-state index in [-0.39, 0.29) is 29.6 Å². The standard InChI is InChI=1S/C9H11NO4S.Na/c1-2-14-9(11)7-3-5-8(6-4-7)10-15(12)13;/h3-6,15H,2H2,1H3,(H,10,12,13);. The van der Waals surface area contributed by atoms with E-state index in [9.17, 15) is 13.2 Å². The van der Waals surface area contributed by atoms with Crippen molar-refractivity contribution >= 4 is 52.1 Å². The molecule has 1 aromatic rings. The summed E-state index contributed by atoms with van der Waals surface area (Å²) in [6, 6.07) is 5.99. The van der Waals surface area contributed by atoms with Crippen molar-refractivity contribution in [3.63, 3.8) is 0 Å². The number of nitrogens with one attached hydrogen (secondary N) is 1. The Bertz CT molecular complexity index is 408. The maximum atomic E-state index is 11.2. The quantitative estimate of drug-likeness (QED) is 0.463. The van der Waals surface area contributed by atoms with Gasteiger partial charge in [0.25, 0.3) is 0 Å². The Hall–Kier alpha value is -0.560. The second kappa shape index (κ2) is 7.67. The molecule has 0 aromatic heterocycles. The second-order valence-corrected chi connectivity index (χ2v) is 3.40. The topological polar surface area (TPSA) is 72.5 Å². The Morgan fingerprint density at radius 2 is 1.88 bits per heavy atom. The van der Waals surface area contributed by atoms with E-state index in [1.165, 1.54) is 24.3 Å². The maximum absolute atomic E-state index is 11.2. The van der Waals surface area contributed by atoms with Gasteiger partial charge in [0.15, 0.2) is 0 Å². The number of anilines is 1. The van der Waals surface area contributed by atoms with E-state index in [4.69, 9.17) is 4.74 Å². The summed E-state index contributed by atoms with van der Waals surface area (Å²) in [7, 11) is -2.67. The van der Waals surface area contributed by atoms with Gasteiger partial charge in [-0.2, -0.15) is 0 Å². The van der Waals surface area contributed by atoms with E-state index in [0.29, 0.717) is 17.9 Å². The largest absolute Gasteiger partial charge is 0.462 e. The summed E-state index contributed by atoms with van der Waals surface area (Å²) in [5.41, 5.74) is 0.808. The molecule has 0 aliphatic heterocycles. The van der Waals surface area contributed by atoms with Crippen molar-refractivity contribution in [2.75, 3.05) is 11.3 Å². The van der Waals surface area contributed by atoms with E-state index < -0.39 is 16.9 Å². The average Bonchev–Trinajstić information content (AvgIpc) is 2.18. The van der Waals surface area contributed by atoms with Gasteiger partial charge in [0.2, 0.25) is 10.9 Å². The van der Waals surface area contributed by atoms with Gasteiger partial charge >= 0.3 is 5.97 Å². The molecule has 7 heteroatoms. The molecule has 1 radical (unpaired) electrons. The van der Waals surface area contributed by atoms with Crippen LogP contribution in [0.2, 0.25) is 0 Å². The van der Waals surface area contributed by atoms with Gasteiger partial charge in [-0.3, -0.25) is 4.72 Å². The summed E-state index contributed by atoms with van der Waals surface area (Å²) in [6.07, 6.45) is 0. The zero-order valence-electron chi connectivity index (χ0n) is 9.10. The SMILES string of the molecule is CCOC(=O)c1ccc(N[SH](=O)=O)cc1.[Na]. The van der Waals surface area contributed by atoms with Crippen LogP contribution in [0.3, 0.4) is 0 Å². The molecule has 0 aliphatic carbocycles. The number of carbonyl (C=O) groups is 1. The first-order valence-electron chi connectivity index (χ1n) is 4.31. The van der Waals surface area contributed by atoms with Gasteiger partial charge in [0.1, 0.15) is 0 Å². The molecule has 0 heterocycles. The van der Waals surface area contributed by atoms with Crippen molar-refractivity contribution in [2.45, 2.75) is 6.92 Å². The molecular weight excluding hydrogens is 241 g/mol. The van der Waals surface area contributed by atoms with Gasteiger partial charge in [-0.15, -0.1) is 0 Å². The summed E-state index contributed by atoms with van der Waals surface area (Å²) in [6.45, 7) is 2.03. The van der Waals surface area contributed by atoms with Crippen molar-refractivity contribution < 1.29 is 17.9 Å². The number of ether oxygens (including phenoxy) is 1. The molecule has 0 bridgehead atoms. The van der Waals surface area contributed by atoms with Crippen molar-refractivity contribution in [3.05, 3.63) is 29.8 Å². The van der Waals surface area contributed by atoms with E-state index in [2.05, 4.69) is 4.72 Å². The summed E-state index contributed by atoms with van der Waals surface area (Å²) in [5, 5.41) is 0. The number of carbonyl (C=O) groups excluding carboxylic acids is 1. The molecule has 0 saturated heterocycles. The first kappa shape index (κ1) is 15.4. The van der Waals surface area contributed by atoms with Gasteiger partial charge < -0.3 is 4.74 Å². The van der Waals surface area contributed by atoms with E-state index in [0.717, 1.165) is 0 Å². The third kappa shape index (κ3) is 4.98. The summed E-state index contributed by atoms with van der Waals surface area (Å²) < 4.78 is 27.6. The number of esters is 1. The zero-order valence-corrected chi connectivity index (χ0v) is 12.0. The Morgan fingerprint density at radius 1 is 1.31 bits per heavy atom. The van der Waals surface area contributed by atoms with Gasteiger partial charge in [0, 0.05) is 35.2 Å². The van der Waals surface area contributed by atoms with Crippen LogP contribution in [-0.4, -0.2) is 50.6 Å². The van der Waals surface area contributed by atoms with E-state index >= 15 is 0 Å².